The minimum absolute atomic E-state index is 0. The van der Waals surface area contributed by atoms with Crippen LogP contribution in [0.2, 0.25) is 0 Å². The van der Waals surface area contributed by atoms with Gasteiger partial charge in [-0.05, 0) is 24.6 Å². The average Bonchev–Trinajstić information content (AvgIpc) is 2.90. The van der Waals surface area contributed by atoms with Crippen molar-refractivity contribution in [2.24, 2.45) is 0 Å². The Labute approximate surface area is 187 Å². The second-order valence-electron chi connectivity index (χ2n) is 4.86. The van der Waals surface area contributed by atoms with Crippen molar-refractivity contribution in [1.82, 2.24) is 15.0 Å². The van der Waals surface area contributed by atoms with Crippen LogP contribution in [-0.2, 0) is 16.9 Å². The second kappa shape index (κ2) is 9.45. The molecular weight excluding hydrogens is 348 g/mol. The normalized spacial score (nSPS) is 11.5. The molecule has 1 aromatic carbocycles. The van der Waals surface area contributed by atoms with Gasteiger partial charge in [0.15, 0.2) is 17.3 Å². The molecule has 2 N–H and O–H groups in total. The number of nitrogens with zero attached hydrogens (tertiary/aromatic N) is 2. The number of nitrogens with one attached hydrogen (secondary N) is 1. The number of hydrogen-bond donors (Lipinski definition) is 2. The summed E-state index contributed by atoms with van der Waals surface area (Å²) in [4.78, 5) is 11.5. The quantitative estimate of drug-likeness (QED) is 0.531. The maximum absolute atomic E-state index is 12.5. The third kappa shape index (κ3) is 4.68. The summed E-state index contributed by atoms with van der Waals surface area (Å²) in [5, 5.41) is 10.1. The van der Waals surface area contributed by atoms with Crippen LogP contribution in [0.15, 0.2) is 35.6 Å². The van der Waals surface area contributed by atoms with Crippen LogP contribution in [0.1, 0.15) is 11.3 Å². The Hall–Kier alpha value is -0.250. The van der Waals surface area contributed by atoms with Gasteiger partial charge in [-0.2, -0.15) is 4.98 Å². The average molecular weight is 365 g/mol. The van der Waals surface area contributed by atoms with Crippen molar-refractivity contribution < 1.29 is 14.4 Å². The van der Waals surface area contributed by atoms with Gasteiger partial charge in [-0.1, -0.05) is 6.07 Å². The topological polar surface area (TPSA) is 94.1 Å². The van der Waals surface area contributed by atoms with Crippen LogP contribution in [-0.4, -0.2) is 90.8 Å². The molecule has 0 bridgehead atoms. The standard InChI is InChI=1S/C15H15N3O3S.2Na.2H/c1-9-3-4-10-11(7-9)18-15(17-10)22(20)8-12-14(21-2)13(19)5-6-16-12;;;;/h3-7H,8H2,1-2H3,(H,16,19)(H,17,18);;;;. The third-order valence-electron chi connectivity index (χ3n) is 3.26. The molecular formula is C15H17N3Na2O3S. The Morgan fingerprint density at radius 1 is 1.29 bits per heavy atom. The van der Waals surface area contributed by atoms with Crippen molar-refractivity contribution in [3.8, 4) is 11.5 Å². The summed E-state index contributed by atoms with van der Waals surface area (Å²) in [5.41, 5.74) is 3.13. The van der Waals surface area contributed by atoms with E-state index in [-0.39, 0.29) is 76.4 Å². The number of benzene rings is 1. The molecule has 0 radical (unpaired) electrons. The molecule has 0 aliphatic rings. The molecule has 3 aromatic rings. The van der Waals surface area contributed by atoms with E-state index in [4.69, 9.17) is 4.74 Å². The number of imidazole rings is 1. The van der Waals surface area contributed by atoms with Gasteiger partial charge in [0.05, 0.1) is 18.1 Å². The van der Waals surface area contributed by atoms with Gasteiger partial charge in [0.25, 0.3) is 0 Å². The first-order chi connectivity index (χ1) is 10.6. The van der Waals surface area contributed by atoms with Crippen LogP contribution < -0.4 is 4.74 Å². The molecule has 0 aliphatic heterocycles. The fourth-order valence-corrected chi connectivity index (χ4v) is 3.21. The summed E-state index contributed by atoms with van der Waals surface area (Å²) >= 11 is -1.41. The summed E-state index contributed by atoms with van der Waals surface area (Å²) in [6.45, 7) is 1.98. The summed E-state index contributed by atoms with van der Waals surface area (Å²) in [5.74, 6) is 0.323. The summed E-state index contributed by atoms with van der Waals surface area (Å²) < 4.78 is 17.6. The molecule has 0 aliphatic carbocycles. The predicted molar refractivity (Wildman–Crippen MR) is 97.7 cm³/mol. The predicted octanol–water partition coefficient (Wildman–Crippen LogP) is 0.991. The number of H-pyrrole nitrogens is 1. The number of aromatic amines is 1. The number of aryl methyl sites for hydroxylation is 1. The Kier molecular flexibility index (Phi) is 8.58. The molecule has 0 amide bonds. The molecule has 6 nitrogen and oxygen atoms in total. The van der Waals surface area contributed by atoms with Crippen molar-refractivity contribution in [2.45, 2.75) is 17.8 Å². The number of ether oxygens (including phenoxy) is 1. The molecule has 0 fully saturated rings. The molecule has 9 heteroatoms. The van der Waals surface area contributed by atoms with Gasteiger partial charge in [-0.3, -0.25) is 9.97 Å². The Morgan fingerprint density at radius 2 is 2.04 bits per heavy atom. The molecule has 118 valence electrons. The van der Waals surface area contributed by atoms with Crippen LogP contribution in [0.3, 0.4) is 0 Å². The Balaban J connectivity index is 0.00000144. The first-order valence-electron chi connectivity index (χ1n) is 6.64. The number of aromatic nitrogens is 3. The zero-order valence-electron chi connectivity index (χ0n) is 12.2. The van der Waals surface area contributed by atoms with Gasteiger partial charge in [0, 0.05) is 23.4 Å². The molecule has 3 rings (SSSR count). The SMILES string of the molecule is COc1c(O)ccnc1C[S+]([O-])c1nc2cc(C)ccc2[nH]1.[NaH].[NaH]. The fourth-order valence-electron chi connectivity index (χ4n) is 2.20. The monoisotopic (exact) mass is 365 g/mol. The van der Waals surface area contributed by atoms with Crippen LogP contribution >= 0.6 is 0 Å². The number of hydrogen-bond acceptors (Lipinski definition) is 5. The van der Waals surface area contributed by atoms with Crippen molar-refractivity contribution in [1.29, 1.82) is 0 Å². The van der Waals surface area contributed by atoms with Crippen molar-refractivity contribution in [2.75, 3.05) is 7.11 Å². The van der Waals surface area contributed by atoms with Gasteiger partial charge in [0.1, 0.15) is 5.69 Å². The van der Waals surface area contributed by atoms with Gasteiger partial charge >= 0.3 is 64.3 Å². The zero-order chi connectivity index (χ0) is 15.7. The molecule has 1 unspecified atom stereocenters. The van der Waals surface area contributed by atoms with Gasteiger partial charge < -0.3 is 14.4 Å². The number of rotatable bonds is 4. The Morgan fingerprint density at radius 3 is 2.75 bits per heavy atom. The van der Waals surface area contributed by atoms with Gasteiger partial charge in [-0.25, -0.2) is 0 Å². The third-order valence-corrected chi connectivity index (χ3v) is 4.42. The van der Waals surface area contributed by atoms with Crippen LogP contribution in [0.4, 0.5) is 0 Å². The molecule has 2 aromatic heterocycles. The molecule has 1 atom stereocenters. The van der Waals surface area contributed by atoms with Gasteiger partial charge in [0.2, 0.25) is 0 Å². The first-order valence-corrected chi connectivity index (χ1v) is 7.96. The van der Waals surface area contributed by atoms with E-state index in [9.17, 15) is 9.66 Å². The summed E-state index contributed by atoms with van der Waals surface area (Å²) in [6, 6.07) is 7.23. The van der Waals surface area contributed by atoms with Crippen LogP contribution in [0.25, 0.3) is 11.0 Å². The molecule has 0 saturated carbocycles. The molecule has 2 heterocycles. The van der Waals surface area contributed by atoms with Gasteiger partial charge in [-0.15, -0.1) is 0 Å². The van der Waals surface area contributed by atoms with E-state index in [2.05, 4.69) is 15.0 Å². The second-order valence-corrected chi connectivity index (χ2v) is 6.23. The van der Waals surface area contributed by atoms with Crippen LogP contribution in [0.5, 0.6) is 11.5 Å². The molecule has 0 saturated heterocycles. The molecule has 24 heavy (non-hydrogen) atoms. The maximum atomic E-state index is 12.5. The van der Waals surface area contributed by atoms with Crippen LogP contribution in [0, 0.1) is 6.92 Å². The first kappa shape index (κ1) is 21.8. The number of pyridine rings is 1. The fraction of sp³-hybridized carbons (Fsp3) is 0.200. The van der Waals surface area contributed by atoms with Crippen molar-refractivity contribution in [3.05, 3.63) is 41.7 Å². The van der Waals surface area contributed by atoms with E-state index in [1.165, 1.54) is 19.4 Å². The van der Waals surface area contributed by atoms with E-state index >= 15 is 0 Å². The minimum atomic E-state index is -1.41. The number of methoxy groups -OCH3 is 1. The van der Waals surface area contributed by atoms with E-state index in [0.29, 0.717) is 10.9 Å². The number of aromatic hydroxyl groups is 1. The number of fused-ring (bicyclic) bond motifs is 1. The van der Waals surface area contributed by atoms with E-state index in [1.807, 2.05) is 25.1 Å². The zero-order valence-corrected chi connectivity index (χ0v) is 13.0. The van der Waals surface area contributed by atoms with Crippen molar-refractivity contribution in [3.63, 3.8) is 0 Å². The summed E-state index contributed by atoms with van der Waals surface area (Å²) in [6.07, 6.45) is 1.45. The Bertz CT molecular complexity index is 829. The van der Waals surface area contributed by atoms with E-state index < -0.39 is 11.2 Å². The molecule has 0 spiro atoms. The summed E-state index contributed by atoms with van der Waals surface area (Å²) in [7, 11) is 1.44. The van der Waals surface area contributed by atoms with Crippen molar-refractivity contribution >= 4 is 81.3 Å². The van der Waals surface area contributed by atoms with E-state index in [0.717, 1.165) is 16.6 Å². The van der Waals surface area contributed by atoms with E-state index in [1.54, 1.807) is 0 Å².